The first kappa shape index (κ1) is 18.8. The maximum Gasteiger partial charge on any atom is 0.416 e. The monoisotopic (exact) mass is 371 g/mol. The fourth-order valence-corrected chi connectivity index (χ4v) is 2.39. The number of carboxylic acids is 1. The van der Waals surface area contributed by atoms with E-state index in [2.05, 4.69) is 5.32 Å². The van der Waals surface area contributed by atoms with E-state index in [0.29, 0.717) is 16.7 Å². The lowest BCUT2D eigenvalue weighted by Crippen LogP contribution is -2.42. The first-order chi connectivity index (χ1) is 11.7. The van der Waals surface area contributed by atoms with Crippen molar-refractivity contribution < 1.29 is 27.9 Å². The molecule has 2 N–H and O–H groups in total. The molecule has 2 aromatic rings. The first-order valence-electron chi connectivity index (χ1n) is 7.12. The fourth-order valence-electron chi connectivity index (χ4n) is 2.18. The molecular formula is C17H13ClF3NO3. The van der Waals surface area contributed by atoms with Gasteiger partial charge in [-0.15, -0.1) is 0 Å². The van der Waals surface area contributed by atoms with Gasteiger partial charge in [-0.25, -0.2) is 4.79 Å². The predicted octanol–water partition coefficient (Wildman–Crippen LogP) is 3.78. The van der Waals surface area contributed by atoms with Gasteiger partial charge in [-0.1, -0.05) is 29.8 Å². The van der Waals surface area contributed by atoms with Gasteiger partial charge in [-0.3, -0.25) is 4.79 Å². The van der Waals surface area contributed by atoms with Crippen LogP contribution >= 0.6 is 11.6 Å². The third kappa shape index (κ3) is 5.22. The van der Waals surface area contributed by atoms with E-state index in [9.17, 15) is 27.9 Å². The van der Waals surface area contributed by atoms with Gasteiger partial charge in [0.1, 0.15) is 6.04 Å². The smallest absolute Gasteiger partial charge is 0.416 e. The minimum absolute atomic E-state index is 0.0550. The van der Waals surface area contributed by atoms with Crippen molar-refractivity contribution in [3.63, 3.8) is 0 Å². The number of nitrogens with one attached hydrogen (secondary N) is 1. The minimum Gasteiger partial charge on any atom is -0.480 e. The van der Waals surface area contributed by atoms with Crippen LogP contribution in [0.25, 0.3) is 0 Å². The number of carbonyl (C=O) groups excluding carboxylic acids is 1. The molecule has 4 nitrogen and oxygen atoms in total. The van der Waals surface area contributed by atoms with Crippen molar-refractivity contribution in [2.24, 2.45) is 0 Å². The summed E-state index contributed by atoms with van der Waals surface area (Å²) in [6.45, 7) is 0. The van der Waals surface area contributed by atoms with E-state index in [1.165, 1.54) is 6.07 Å². The Labute approximate surface area is 146 Å². The number of halogens is 4. The van der Waals surface area contributed by atoms with Gasteiger partial charge in [0, 0.05) is 17.0 Å². The number of carbonyl (C=O) groups is 2. The van der Waals surface area contributed by atoms with Crippen LogP contribution in [0.5, 0.6) is 0 Å². The van der Waals surface area contributed by atoms with Gasteiger partial charge in [0.2, 0.25) is 0 Å². The fraction of sp³-hybridized carbons (Fsp3) is 0.176. The van der Waals surface area contributed by atoms with E-state index in [0.717, 1.165) is 12.1 Å². The largest absolute Gasteiger partial charge is 0.480 e. The van der Waals surface area contributed by atoms with Gasteiger partial charge >= 0.3 is 12.1 Å². The average molecular weight is 372 g/mol. The number of carboxylic acid groups (broad SMARTS) is 1. The number of hydrogen-bond acceptors (Lipinski definition) is 2. The van der Waals surface area contributed by atoms with Crippen LogP contribution in [0, 0.1) is 0 Å². The topological polar surface area (TPSA) is 66.4 Å². The van der Waals surface area contributed by atoms with Crippen molar-refractivity contribution in [2.45, 2.75) is 18.6 Å². The Morgan fingerprint density at radius 1 is 1.12 bits per heavy atom. The zero-order chi connectivity index (χ0) is 18.6. The molecule has 8 heteroatoms. The van der Waals surface area contributed by atoms with E-state index in [4.69, 9.17) is 11.6 Å². The molecule has 0 aliphatic carbocycles. The number of rotatable bonds is 5. The van der Waals surface area contributed by atoms with Gasteiger partial charge in [0.25, 0.3) is 5.91 Å². The second kappa shape index (κ2) is 7.57. The predicted molar refractivity (Wildman–Crippen MR) is 85.5 cm³/mol. The van der Waals surface area contributed by atoms with Crippen LogP contribution in [-0.2, 0) is 17.4 Å². The van der Waals surface area contributed by atoms with Gasteiger partial charge in [-0.2, -0.15) is 13.2 Å². The number of alkyl halides is 3. The molecule has 0 aromatic heterocycles. The maximum atomic E-state index is 12.7. The van der Waals surface area contributed by atoms with E-state index < -0.39 is 29.7 Å². The summed E-state index contributed by atoms with van der Waals surface area (Å²) >= 11 is 5.83. The van der Waals surface area contributed by atoms with E-state index in [-0.39, 0.29) is 12.0 Å². The quantitative estimate of drug-likeness (QED) is 0.840. The lowest BCUT2D eigenvalue weighted by molar-refractivity contribution is -0.139. The van der Waals surface area contributed by atoms with Crippen molar-refractivity contribution in [3.8, 4) is 0 Å². The summed E-state index contributed by atoms with van der Waals surface area (Å²) < 4.78 is 38.1. The van der Waals surface area contributed by atoms with E-state index >= 15 is 0 Å². The lowest BCUT2D eigenvalue weighted by Gasteiger charge is -2.15. The Balaban J connectivity index is 2.17. The van der Waals surface area contributed by atoms with Gasteiger partial charge < -0.3 is 10.4 Å². The first-order valence-corrected chi connectivity index (χ1v) is 7.50. The molecule has 132 valence electrons. The Bertz CT molecular complexity index is 793. The molecule has 25 heavy (non-hydrogen) atoms. The molecule has 0 unspecified atom stereocenters. The SMILES string of the molecule is O=C(N[C@H](Cc1cccc(Cl)c1)C(=O)O)c1cccc(C(F)(F)F)c1. The third-order valence-corrected chi connectivity index (χ3v) is 3.62. The number of amides is 1. The van der Waals surface area contributed by atoms with Crippen LogP contribution in [-0.4, -0.2) is 23.0 Å². The van der Waals surface area contributed by atoms with Crippen LogP contribution < -0.4 is 5.32 Å². The molecule has 0 fully saturated rings. The summed E-state index contributed by atoms with van der Waals surface area (Å²) in [4.78, 5) is 23.5. The molecule has 0 radical (unpaired) electrons. The minimum atomic E-state index is -4.59. The Hall–Kier alpha value is -2.54. The molecule has 0 heterocycles. The summed E-state index contributed by atoms with van der Waals surface area (Å²) in [7, 11) is 0. The number of benzene rings is 2. The normalized spacial score (nSPS) is 12.5. The maximum absolute atomic E-state index is 12.7. The van der Waals surface area contributed by atoms with E-state index in [1.54, 1.807) is 24.3 Å². The summed E-state index contributed by atoms with van der Waals surface area (Å²) in [5.41, 5.74) is -0.682. The van der Waals surface area contributed by atoms with Gasteiger partial charge in [0.05, 0.1) is 5.56 Å². The lowest BCUT2D eigenvalue weighted by atomic mass is 10.0. The highest BCUT2D eigenvalue weighted by atomic mass is 35.5. The zero-order valence-corrected chi connectivity index (χ0v) is 13.4. The van der Waals surface area contributed by atoms with Crippen molar-refractivity contribution >= 4 is 23.5 Å². The third-order valence-electron chi connectivity index (χ3n) is 3.38. The van der Waals surface area contributed by atoms with E-state index in [1.807, 2.05) is 0 Å². The van der Waals surface area contributed by atoms with Crippen LogP contribution in [0.4, 0.5) is 13.2 Å². The summed E-state index contributed by atoms with van der Waals surface area (Å²) in [5.74, 6) is -2.21. The number of hydrogen-bond donors (Lipinski definition) is 2. The molecule has 1 amide bonds. The highest BCUT2D eigenvalue weighted by Gasteiger charge is 2.31. The Morgan fingerprint density at radius 3 is 2.40 bits per heavy atom. The van der Waals surface area contributed by atoms with Gasteiger partial charge in [-0.05, 0) is 35.9 Å². The summed E-state index contributed by atoms with van der Waals surface area (Å²) in [6, 6.07) is 8.90. The van der Waals surface area contributed by atoms with Crippen LogP contribution in [0.2, 0.25) is 5.02 Å². The highest BCUT2D eigenvalue weighted by Crippen LogP contribution is 2.29. The van der Waals surface area contributed by atoms with Crippen LogP contribution in [0.3, 0.4) is 0 Å². The molecule has 0 saturated heterocycles. The summed E-state index contributed by atoms with van der Waals surface area (Å²) in [6.07, 6.45) is -4.65. The molecule has 0 bridgehead atoms. The second-order valence-corrected chi connectivity index (χ2v) is 5.71. The standard InChI is InChI=1S/C17H13ClF3NO3/c18-13-6-1-3-10(7-13)8-14(16(24)25)22-15(23)11-4-2-5-12(9-11)17(19,20)21/h1-7,9,14H,8H2,(H,22,23)(H,24,25)/t14-/m1/s1. The molecule has 1 atom stereocenters. The highest BCUT2D eigenvalue weighted by molar-refractivity contribution is 6.30. The molecule has 0 aliphatic rings. The Morgan fingerprint density at radius 2 is 1.80 bits per heavy atom. The molecule has 0 aliphatic heterocycles. The molecular weight excluding hydrogens is 359 g/mol. The molecule has 2 aromatic carbocycles. The molecule has 2 rings (SSSR count). The zero-order valence-electron chi connectivity index (χ0n) is 12.7. The van der Waals surface area contributed by atoms with Crippen LogP contribution in [0.1, 0.15) is 21.5 Å². The second-order valence-electron chi connectivity index (χ2n) is 5.28. The average Bonchev–Trinajstić information content (AvgIpc) is 2.53. The molecule has 0 spiro atoms. The van der Waals surface area contributed by atoms with Crippen molar-refractivity contribution in [1.82, 2.24) is 5.32 Å². The van der Waals surface area contributed by atoms with Crippen molar-refractivity contribution in [1.29, 1.82) is 0 Å². The Kier molecular flexibility index (Phi) is 5.69. The van der Waals surface area contributed by atoms with Gasteiger partial charge in [0.15, 0.2) is 0 Å². The van der Waals surface area contributed by atoms with Crippen molar-refractivity contribution in [2.75, 3.05) is 0 Å². The van der Waals surface area contributed by atoms with Crippen LogP contribution in [0.15, 0.2) is 48.5 Å². The van der Waals surface area contributed by atoms with Crippen molar-refractivity contribution in [3.05, 3.63) is 70.2 Å². The molecule has 0 saturated carbocycles. The summed E-state index contributed by atoms with van der Waals surface area (Å²) in [5, 5.41) is 11.9. The number of aliphatic carboxylic acids is 1.